The van der Waals surface area contributed by atoms with Crippen LogP contribution < -0.4 is 10.2 Å². The van der Waals surface area contributed by atoms with Gasteiger partial charge in [0.05, 0.1) is 17.1 Å². The lowest BCUT2D eigenvalue weighted by Gasteiger charge is -2.43. The van der Waals surface area contributed by atoms with E-state index in [1.165, 1.54) is 24.0 Å². The number of benzene rings is 2. The fourth-order valence-electron chi connectivity index (χ4n) is 6.93. The average molecular weight is 479 g/mol. The van der Waals surface area contributed by atoms with Crippen molar-refractivity contribution in [3.05, 3.63) is 70.9 Å². The van der Waals surface area contributed by atoms with Crippen LogP contribution in [-0.4, -0.2) is 65.0 Å². The lowest BCUT2D eigenvalue weighted by molar-refractivity contribution is 0.0697. The summed E-state index contributed by atoms with van der Waals surface area (Å²) < 4.78 is 0. The van der Waals surface area contributed by atoms with Crippen molar-refractivity contribution in [2.24, 2.45) is 0 Å². The summed E-state index contributed by atoms with van der Waals surface area (Å²) in [5.74, 6) is 0.173. The second kappa shape index (κ2) is 8.29. The molecule has 1 amide bonds. The van der Waals surface area contributed by atoms with Crippen molar-refractivity contribution in [1.29, 1.82) is 5.26 Å². The van der Waals surface area contributed by atoms with E-state index in [1.54, 1.807) is 6.20 Å². The molecule has 7 nitrogen and oxygen atoms in total. The van der Waals surface area contributed by atoms with E-state index in [-0.39, 0.29) is 11.9 Å². The van der Waals surface area contributed by atoms with Gasteiger partial charge in [0.25, 0.3) is 5.91 Å². The maximum absolute atomic E-state index is 13.4. The van der Waals surface area contributed by atoms with Crippen molar-refractivity contribution < 1.29 is 4.79 Å². The molecule has 4 atom stereocenters. The van der Waals surface area contributed by atoms with E-state index >= 15 is 0 Å². The monoisotopic (exact) mass is 478 g/mol. The molecule has 4 aliphatic heterocycles. The average Bonchev–Trinajstić information content (AvgIpc) is 3.45. The van der Waals surface area contributed by atoms with Crippen LogP contribution in [0.4, 0.5) is 5.69 Å². The predicted molar refractivity (Wildman–Crippen MR) is 139 cm³/mol. The number of likely N-dealkylation sites (tertiary alicyclic amines) is 1. The summed E-state index contributed by atoms with van der Waals surface area (Å²) in [5.41, 5.74) is 5.95. The smallest absolute Gasteiger partial charge is 0.253 e. The SMILES string of the molecule is CC1CN(c2ccc(C#N)c3ncccc23)CC2c3ccc(C(=O)N4CC5CCC(C4)N5)cc3CN12. The first-order valence-electron chi connectivity index (χ1n) is 13.1. The molecule has 0 aliphatic carbocycles. The number of hydrogen-bond donors (Lipinski definition) is 1. The fraction of sp³-hybridized carbons (Fsp3) is 0.414. The number of aromatic nitrogens is 1. The Morgan fingerprint density at radius 3 is 2.72 bits per heavy atom. The number of nitrogens with one attached hydrogen (secondary N) is 1. The highest BCUT2D eigenvalue weighted by Gasteiger charge is 2.40. The Hall–Kier alpha value is -3.47. The largest absolute Gasteiger partial charge is 0.368 e. The number of fused-ring (bicyclic) bond motifs is 6. The van der Waals surface area contributed by atoms with Crippen molar-refractivity contribution in [3.63, 3.8) is 0 Å². The predicted octanol–water partition coefficient (Wildman–Crippen LogP) is 3.45. The van der Waals surface area contributed by atoms with E-state index in [9.17, 15) is 10.1 Å². The minimum Gasteiger partial charge on any atom is -0.368 e. The number of carbonyl (C=O) groups excluding carboxylic acids is 1. The van der Waals surface area contributed by atoms with E-state index in [0.29, 0.717) is 23.7 Å². The molecule has 3 saturated heterocycles. The lowest BCUT2D eigenvalue weighted by Crippen LogP contribution is -2.53. The minimum atomic E-state index is 0.173. The van der Waals surface area contributed by atoms with Crippen LogP contribution in [0.1, 0.15) is 52.9 Å². The molecule has 7 rings (SSSR count). The zero-order chi connectivity index (χ0) is 24.4. The second-order valence-corrected chi connectivity index (χ2v) is 10.8. The van der Waals surface area contributed by atoms with Crippen molar-refractivity contribution in [2.75, 3.05) is 31.1 Å². The summed E-state index contributed by atoms with van der Waals surface area (Å²) in [5, 5.41) is 14.2. The summed E-state index contributed by atoms with van der Waals surface area (Å²) in [6, 6.07) is 18.2. The Balaban J connectivity index is 1.17. The Morgan fingerprint density at radius 2 is 1.92 bits per heavy atom. The van der Waals surface area contributed by atoms with Crippen LogP contribution in [0.3, 0.4) is 0 Å². The molecule has 36 heavy (non-hydrogen) atoms. The molecule has 1 N–H and O–H groups in total. The molecule has 4 aliphatic rings. The molecule has 2 bridgehead atoms. The molecule has 3 fully saturated rings. The molecule has 1 aromatic heterocycles. The second-order valence-electron chi connectivity index (χ2n) is 10.8. The van der Waals surface area contributed by atoms with Crippen LogP contribution in [0.25, 0.3) is 10.9 Å². The van der Waals surface area contributed by atoms with Crippen molar-refractivity contribution in [1.82, 2.24) is 20.1 Å². The van der Waals surface area contributed by atoms with Gasteiger partial charge in [0.1, 0.15) is 6.07 Å². The Morgan fingerprint density at radius 1 is 1.08 bits per heavy atom. The highest BCUT2D eigenvalue weighted by atomic mass is 16.2. The van der Waals surface area contributed by atoms with Gasteiger partial charge in [-0.2, -0.15) is 5.26 Å². The molecular formula is C29H30N6O. The number of rotatable bonds is 2. The van der Waals surface area contributed by atoms with Gasteiger partial charge in [-0.1, -0.05) is 6.07 Å². The number of piperazine rings is 2. The van der Waals surface area contributed by atoms with Gasteiger partial charge in [-0.05, 0) is 67.3 Å². The molecule has 0 radical (unpaired) electrons. The first-order chi connectivity index (χ1) is 17.6. The lowest BCUT2D eigenvalue weighted by atomic mass is 9.98. The molecule has 0 spiro atoms. The molecule has 3 aromatic rings. The molecule has 5 heterocycles. The number of nitriles is 1. The summed E-state index contributed by atoms with van der Waals surface area (Å²) in [6.07, 6.45) is 4.10. The molecular weight excluding hydrogens is 448 g/mol. The van der Waals surface area contributed by atoms with Gasteiger partial charge in [-0.15, -0.1) is 0 Å². The number of anilines is 1. The number of carbonyl (C=O) groups is 1. The van der Waals surface area contributed by atoms with Gasteiger partial charge in [-0.25, -0.2) is 0 Å². The Labute approximate surface area is 211 Å². The van der Waals surface area contributed by atoms with Gasteiger partial charge in [-0.3, -0.25) is 14.7 Å². The topological polar surface area (TPSA) is 75.5 Å². The van der Waals surface area contributed by atoms with Crippen LogP contribution in [0, 0.1) is 11.3 Å². The van der Waals surface area contributed by atoms with Crippen LogP contribution in [0.5, 0.6) is 0 Å². The van der Waals surface area contributed by atoms with E-state index in [4.69, 9.17) is 0 Å². The zero-order valence-corrected chi connectivity index (χ0v) is 20.5. The molecule has 2 aromatic carbocycles. The van der Waals surface area contributed by atoms with E-state index < -0.39 is 0 Å². The fourth-order valence-corrected chi connectivity index (χ4v) is 6.93. The van der Waals surface area contributed by atoms with Gasteiger partial charge >= 0.3 is 0 Å². The third-order valence-electron chi connectivity index (χ3n) is 8.66. The number of hydrogen-bond acceptors (Lipinski definition) is 6. The Kier molecular flexibility index (Phi) is 5.02. The van der Waals surface area contributed by atoms with Crippen LogP contribution in [0.2, 0.25) is 0 Å². The molecule has 0 saturated carbocycles. The standard InChI is InChI=1S/C29H30N6O/c1-18-13-33(26-9-5-20(12-30)28-25(26)3-2-10-31-28)17-27-24-8-4-19(11-21(24)14-35(18)27)29(36)34-15-22-6-7-23(16-34)32-22/h2-5,8-11,18,22-23,27,32H,6-7,13-17H2,1H3. The number of pyridine rings is 1. The van der Waals surface area contributed by atoms with Crippen molar-refractivity contribution in [3.8, 4) is 6.07 Å². The van der Waals surface area contributed by atoms with Gasteiger partial charge in [0, 0.05) is 73.7 Å². The maximum atomic E-state index is 13.4. The third-order valence-corrected chi connectivity index (χ3v) is 8.66. The van der Waals surface area contributed by atoms with Crippen LogP contribution in [-0.2, 0) is 6.54 Å². The zero-order valence-electron chi connectivity index (χ0n) is 20.5. The van der Waals surface area contributed by atoms with E-state index in [1.807, 2.05) is 18.2 Å². The first kappa shape index (κ1) is 21.8. The van der Waals surface area contributed by atoms with Crippen molar-refractivity contribution >= 4 is 22.5 Å². The summed E-state index contributed by atoms with van der Waals surface area (Å²) in [7, 11) is 0. The quantitative estimate of drug-likeness (QED) is 0.608. The van der Waals surface area contributed by atoms with Gasteiger partial charge in [0.2, 0.25) is 0 Å². The highest BCUT2D eigenvalue weighted by Crippen LogP contribution is 2.41. The molecule has 182 valence electrons. The maximum Gasteiger partial charge on any atom is 0.253 e. The molecule has 7 heteroatoms. The Bertz CT molecular complexity index is 1400. The normalized spacial score (nSPS) is 27.1. The first-order valence-corrected chi connectivity index (χ1v) is 13.1. The van der Waals surface area contributed by atoms with Crippen molar-refractivity contribution in [2.45, 2.75) is 50.5 Å². The van der Waals surface area contributed by atoms with Crippen LogP contribution >= 0.6 is 0 Å². The number of nitrogens with zero attached hydrogens (tertiary/aromatic N) is 5. The number of amides is 1. The van der Waals surface area contributed by atoms with Gasteiger partial charge in [0.15, 0.2) is 0 Å². The molecule has 4 unspecified atom stereocenters. The van der Waals surface area contributed by atoms with E-state index in [2.05, 4.69) is 62.3 Å². The summed E-state index contributed by atoms with van der Waals surface area (Å²) >= 11 is 0. The summed E-state index contributed by atoms with van der Waals surface area (Å²) in [6.45, 7) is 6.61. The van der Waals surface area contributed by atoms with Crippen LogP contribution in [0.15, 0.2) is 48.7 Å². The van der Waals surface area contributed by atoms with Gasteiger partial charge < -0.3 is 15.1 Å². The van der Waals surface area contributed by atoms with E-state index in [0.717, 1.165) is 54.9 Å². The summed E-state index contributed by atoms with van der Waals surface area (Å²) in [4.78, 5) is 24.9. The third kappa shape index (κ3) is 3.40. The highest BCUT2D eigenvalue weighted by molar-refractivity contribution is 5.96. The minimum absolute atomic E-state index is 0.173.